The Balaban J connectivity index is 2.01. The van der Waals surface area contributed by atoms with Crippen molar-refractivity contribution in [3.63, 3.8) is 0 Å². The monoisotopic (exact) mass is 484 g/mol. The highest BCUT2D eigenvalue weighted by molar-refractivity contribution is 6.18. The molecule has 10 heteroatoms. The van der Waals surface area contributed by atoms with Crippen LogP contribution in [-0.4, -0.2) is 80.7 Å². The predicted molar refractivity (Wildman–Crippen MR) is 124 cm³/mol. The van der Waals surface area contributed by atoms with E-state index in [2.05, 4.69) is 0 Å². The Kier molecular flexibility index (Phi) is 5.74. The maximum absolute atomic E-state index is 13.7. The van der Waals surface area contributed by atoms with Crippen molar-refractivity contribution >= 4 is 23.1 Å². The lowest BCUT2D eigenvalue weighted by Crippen LogP contribution is -2.63. The van der Waals surface area contributed by atoms with E-state index >= 15 is 0 Å². The summed E-state index contributed by atoms with van der Waals surface area (Å²) in [5.41, 5.74) is 2.47. The number of rotatable bonds is 4. The van der Waals surface area contributed by atoms with E-state index in [1.165, 1.54) is 19.9 Å². The highest BCUT2D eigenvalue weighted by Gasteiger charge is 2.62. The van der Waals surface area contributed by atoms with Crippen LogP contribution in [-0.2, 0) is 11.2 Å². The minimum absolute atomic E-state index is 0.0180. The predicted octanol–water partition coefficient (Wildman–Crippen LogP) is 0.999. The van der Waals surface area contributed by atoms with E-state index < -0.39 is 64.7 Å². The molecule has 0 unspecified atom stereocenters. The van der Waals surface area contributed by atoms with Gasteiger partial charge in [0.15, 0.2) is 23.0 Å². The number of benzene rings is 1. The van der Waals surface area contributed by atoms with Crippen molar-refractivity contribution in [1.29, 1.82) is 0 Å². The second kappa shape index (κ2) is 8.11. The summed E-state index contributed by atoms with van der Waals surface area (Å²) in [5.74, 6) is -6.35. The van der Waals surface area contributed by atoms with Crippen LogP contribution in [0.5, 0.6) is 5.75 Å². The number of aliphatic hydroxyl groups excluding tert-OH is 2. The van der Waals surface area contributed by atoms with Crippen molar-refractivity contribution in [2.45, 2.75) is 38.3 Å². The van der Waals surface area contributed by atoms with Gasteiger partial charge in [-0.2, -0.15) is 0 Å². The van der Waals surface area contributed by atoms with Gasteiger partial charge >= 0.3 is 0 Å². The number of hydrogen-bond acceptors (Lipinski definition) is 10. The van der Waals surface area contributed by atoms with Crippen LogP contribution in [0, 0.1) is 11.8 Å². The molecule has 0 bridgehead atoms. The number of ketones is 4. The van der Waals surface area contributed by atoms with Gasteiger partial charge in [-0.3, -0.25) is 24.1 Å². The first-order valence-electron chi connectivity index (χ1n) is 11.2. The summed E-state index contributed by atoms with van der Waals surface area (Å²) < 4.78 is 0. The van der Waals surface area contributed by atoms with Crippen LogP contribution < -0.4 is 5.73 Å². The zero-order valence-electron chi connectivity index (χ0n) is 19.9. The lowest BCUT2D eigenvalue weighted by Gasteiger charge is -2.50. The lowest BCUT2D eigenvalue weighted by molar-refractivity contribution is -0.147. The third-order valence-corrected chi connectivity index (χ3v) is 7.54. The van der Waals surface area contributed by atoms with E-state index in [4.69, 9.17) is 5.73 Å². The molecule has 1 aromatic carbocycles. The maximum atomic E-state index is 13.7. The SMILES string of the molecule is CC(=O)c1cc(C(C)=O)c2c(c1O)C(=O)C1=C(O)[C@]3(O)C(=O)C(CN)=C(O)[C@@H](N(C)C)[C@@H]3C[C@@H]1C2. The molecule has 4 rings (SSSR count). The number of fused-ring (bicyclic) bond motifs is 3. The molecule has 0 saturated heterocycles. The van der Waals surface area contributed by atoms with Crippen LogP contribution in [0.2, 0.25) is 0 Å². The first-order chi connectivity index (χ1) is 16.3. The van der Waals surface area contributed by atoms with Gasteiger partial charge in [-0.1, -0.05) is 0 Å². The zero-order valence-corrected chi connectivity index (χ0v) is 19.9. The average Bonchev–Trinajstić information content (AvgIpc) is 2.76. The largest absolute Gasteiger partial charge is 0.510 e. The van der Waals surface area contributed by atoms with Crippen LogP contribution in [0.25, 0.3) is 0 Å². The summed E-state index contributed by atoms with van der Waals surface area (Å²) in [6.45, 7) is 2.07. The molecular formula is C25H28N2O8. The standard InChI is InChI=1S/C25H28N2O8/c1-9(28)12-7-13(10(2)29)20(30)18-14(12)5-11-6-16-19(27(3)4)21(31)15(8-26)23(33)25(16,35)24(34)17(11)22(18)32/h7,11,16,19,30-31,34-35H,5-6,8,26H2,1-4H3/t11-,16-,19-,25+/m0/s1. The molecule has 3 aliphatic rings. The van der Waals surface area contributed by atoms with Crippen molar-refractivity contribution in [1.82, 2.24) is 4.90 Å². The van der Waals surface area contributed by atoms with Crippen molar-refractivity contribution in [3.8, 4) is 5.75 Å². The molecule has 35 heavy (non-hydrogen) atoms. The third kappa shape index (κ3) is 3.20. The number of carbonyl (C=O) groups excluding carboxylic acids is 4. The van der Waals surface area contributed by atoms with Gasteiger partial charge in [-0.15, -0.1) is 0 Å². The van der Waals surface area contributed by atoms with Crippen LogP contribution in [0.1, 0.15) is 56.9 Å². The molecule has 0 aliphatic heterocycles. The molecule has 1 aromatic rings. The average molecular weight is 485 g/mol. The van der Waals surface area contributed by atoms with Gasteiger partial charge in [0.2, 0.25) is 5.78 Å². The Labute approximate surface area is 201 Å². The molecule has 0 saturated carbocycles. The smallest absolute Gasteiger partial charge is 0.203 e. The third-order valence-electron chi connectivity index (χ3n) is 7.54. The molecule has 186 valence electrons. The first kappa shape index (κ1) is 24.8. The van der Waals surface area contributed by atoms with Gasteiger partial charge in [0.25, 0.3) is 0 Å². The van der Waals surface area contributed by atoms with Crippen LogP contribution in [0.3, 0.4) is 0 Å². The molecule has 10 nitrogen and oxygen atoms in total. The summed E-state index contributed by atoms with van der Waals surface area (Å²) in [6, 6.07) is 0.381. The number of allylic oxidation sites excluding steroid dienone is 1. The maximum Gasteiger partial charge on any atom is 0.203 e. The molecule has 0 radical (unpaired) electrons. The summed E-state index contributed by atoms with van der Waals surface area (Å²) in [5, 5.41) is 44.5. The number of nitrogens with zero attached hydrogens (tertiary/aromatic N) is 1. The molecule has 0 fully saturated rings. The van der Waals surface area contributed by atoms with Gasteiger partial charge in [0.1, 0.15) is 17.3 Å². The number of likely N-dealkylation sites (N-methyl/N-ethyl adjacent to an activating group) is 1. The van der Waals surface area contributed by atoms with E-state index in [0.717, 1.165) is 0 Å². The molecule has 6 N–H and O–H groups in total. The summed E-state index contributed by atoms with van der Waals surface area (Å²) in [6.07, 6.45) is 0.0560. The number of carbonyl (C=O) groups is 4. The minimum Gasteiger partial charge on any atom is -0.510 e. The van der Waals surface area contributed by atoms with Crippen molar-refractivity contribution in [2.75, 3.05) is 20.6 Å². The van der Waals surface area contributed by atoms with Gasteiger partial charge in [0.05, 0.1) is 22.7 Å². The lowest BCUT2D eigenvalue weighted by atomic mass is 9.58. The Morgan fingerprint density at radius 3 is 2.23 bits per heavy atom. The first-order valence-corrected chi connectivity index (χ1v) is 11.2. The molecule has 0 aromatic heterocycles. The van der Waals surface area contributed by atoms with E-state index in [-0.39, 0.29) is 52.0 Å². The fourth-order valence-corrected chi connectivity index (χ4v) is 5.93. The molecule has 0 amide bonds. The van der Waals surface area contributed by atoms with Gasteiger partial charge in [-0.25, -0.2) is 0 Å². The number of nitrogens with two attached hydrogens (primary N) is 1. The molecule has 4 atom stereocenters. The van der Waals surface area contributed by atoms with Gasteiger partial charge < -0.3 is 26.2 Å². The fraction of sp³-hybridized carbons (Fsp3) is 0.440. The van der Waals surface area contributed by atoms with Gasteiger partial charge in [0, 0.05) is 23.6 Å². The van der Waals surface area contributed by atoms with Crippen molar-refractivity contribution in [2.24, 2.45) is 17.6 Å². The Hall–Kier alpha value is -3.34. The number of phenolic OH excluding ortho intramolecular Hbond substituents is 1. The number of phenols is 1. The number of aromatic hydroxyl groups is 1. The number of Topliss-reactive ketones (excluding diaryl/α,β-unsaturated/α-hetero) is 4. The quantitative estimate of drug-likeness (QED) is 0.387. The second-order valence-electron chi connectivity index (χ2n) is 9.69. The highest BCUT2D eigenvalue weighted by Crippen LogP contribution is 2.52. The highest BCUT2D eigenvalue weighted by atomic mass is 16.3. The van der Waals surface area contributed by atoms with Crippen molar-refractivity contribution in [3.05, 3.63) is 51.0 Å². The van der Waals surface area contributed by atoms with E-state index in [1.807, 2.05) is 0 Å². The Morgan fingerprint density at radius 2 is 1.71 bits per heavy atom. The van der Waals surface area contributed by atoms with Crippen LogP contribution in [0.15, 0.2) is 28.7 Å². The summed E-state index contributed by atoms with van der Waals surface area (Å²) in [4.78, 5) is 53.0. The van der Waals surface area contributed by atoms with Crippen molar-refractivity contribution < 1.29 is 39.6 Å². The summed E-state index contributed by atoms with van der Waals surface area (Å²) in [7, 11) is 3.27. The topological polar surface area (TPSA) is 178 Å². The normalized spacial score (nSPS) is 28.1. The molecule has 3 aliphatic carbocycles. The zero-order chi connectivity index (χ0) is 26.1. The second-order valence-corrected chi connectivity index (χ2v) is 9.69. The fourth-order valence-electron chi connectivity index (χ4n) is 5.93. The molecule has 0 spiro atoms. The summed E-state index contributed by atoms with van der Waals surface area (Å²) >= 11 is 0. The minimum atomic E-state index is -2.52. The Morgan fingerprint density at radius 1 is 1.11 bits per heavy atom. The van der Waals surface area contributed by atoms with E-state index in [0.29, 0.717) is 0 Å². The number of hydrogen-bond donors (Lipinski definition) is 5. The van der Waals surface area contributed by atoms with E-state index in [9.17, 15) is 39.6 Å². The number of aliphatic hydroxyl groups is 3. The van der Waals surface area contributed by atoms with Crippen LogP contribution >= 0.6 is 0 Å². The van der Waals surface area contributed by atoms with Gasteiger partial charge in [-0.05, 0) is 58.3 Å². The molecule has 0 heterocycles. The Bertz CT molecular complexity index is 1270. The van der Waals surface area contributed by atoms with E-state index in [1.54, 1.807) is 19.0 Å². The molecular weight excluding hydrogens is 456 g/mol. The van der Waals surface area contributed by atoms with Crippen LogP contribution in [0.4, 0.5) is 0 Å².